The molecule has 146 heavy (non-hydrogen) atoms. The minimum absolute atomic E-state index is 0.0863. The second-order valence-corrected chi connectivity index (χ2v) is 43.8. The predicted octanol–water partition coefficient (Wildman–Crippen LogP) is 38.1. The molecule has 0 aliphatic heterocycles. The molecule has 0 saturated heterocycles. The molecule has 1 atom stereocenters. The Bertz CT molecular complexity index is 8990. The average Bonchev–Trinajstić information content (AvgIpc) is 1.50. The van der Waals surface area contributed by atoms with Crippen LogP contribution in [0.15, 0.2) is 491 Å². The molecule has 0 fully saturated rings. The topological polar surface area (TPSA) is 6.48 Å². The molecule has 1 spiro atoms. The van der Waals surface area contributed by atoms with E-state index in [1.807, 2.05) is 0 Å². The largest absolute Gasteiger partial charge is 0.310 e. The lowest BCUT2D eigenvalue weighted by Gasteiger charge is -2.35. The average molecular weight is 1870 g/mol. The van der Waals surface area contributed by atoms with E-state index in [2.05, 4.69) is 563 Å². The van der Waals surface area contributed by atoms with Gasteiger partial charge < -0.3 is 9.80 Å². The van der Waals surface area contributed by atoms with E-state index in [0.717, 1.165) is 57.2 Å². The zero-order valence-electron chi connectivity index (χ0n) is 83.9. The fourth-order valence-corrected chi connectivity index (χ4v) is 26.5. The van der Waals surface area contributed by atoms with Gasteiger partial charge in [0.1, 0.15) is 0 Å². The van der Waals surface area contributed by atoms with Gasteiger partial charge in [0.25, 0.3) is 0 Å². The maximum Gasteiger partial charge on any atom is 0.0725 e. The standard InChI is InChI=1S/C144H110N2/c1-139(2,3)103-74-64-97(65-75-103)93-56-60-95(61-57-93)99-68-78-107(79-69-99)145(133-86-72-101-33-13-15-38-111(101)137(133)119-46-30-54-131-135(119)117-44-21-23-48-123(117)141(131,6)7)109-82-84-129-121(89-109)115-42-19-25-50-125(115)143(129,105-35-11-10-12-36-105)106-37-29-32-92(88-106)91-140(4,5)104-76-66-98(67-77-104)94-58-62-96(63-59-94)100-70-80-108(81-71-100)146(134-87-73-102-34-14-16-39-112(102)138(134)120-47-31-55-132-136(120)118-45-22-24-49-124(118)142(132,8)9)110-83-85-130-122(90-110)116-43-20-28-53-128(116)144(130)126-51-26-17-40-113(126)114-41-18-27-52-127(114)144/h10-90H,91H2,1-9H3. The summed E-state index contributed by atoms with van der Waals surface area (Å²) in [5.74, 6) is 0. The van der Waals surface area contributed by atoms with Gasteiger partial charge in [-0.25, -0.2) is 0 Å². The van der Waals surface area contributed by atoms with Crippen LogP contribution in [0.4, 0.5) is 34.1 Å². The van der Waals surface area contributed by atoms with Gasteiger partial charge in [-0.05, 0) is 294 Å². The maximum absolute atomic E-state index is 2.56. The molecule has 5 aliphatic carbocycles. The Labute approximate surface area is 857 Å². The first-order chi connectivity index (χ1) is 71.3. The lowest BCUT2D eigenvalue weighted by molar-refractivity contribution is 0.522. The Balaban J connectivity index is 0.518. The van der Waals surface area contributed by atoms with Crippen molar-refractivity contribution in [1.82, 2.24) is 0 Å². The molecule has 696 valence electrons. The molecule has 0 bridgehead atoms. The number of anilines is 6. The minimum Gasteiger partial charge on any atom is -0.310 e. The molecule has 0 aromatic heterocycles. The highest BCUT2D eigenvalue weighted by Crippen LogP contribution is 2.66. The number of rotatable bonds is 17. The summed E-state index contributed by atoms with van der Waals surface area (Å²) in [6.07, 6.45) is 0.829. The van der Waals surface area contributed by atoms with Gasteiger partial charge in [0.15, 0.2) is 0 Å². The SMILES string of the molecule is CC(C)(C)c1ccc(-c2ccc(-c3ccc(N(c4ccc5c(c4)-c4ccccc4C5(c4ccccc4)c4cccc(CC(C)(C)c5ccc(-c6ccc(-c7ccc(N(c8ccc9c(c8)-c8ccccc8C98c9ccccc9-c9ccccc98)c8ccc9ccccc9c8-c8cccc9c8-c8ccccc8C9(C)C)cc7)cc6)cc5)c4)c4ccc5ccccc5c4-c4cccc5c4-c4ccccc4C5(C)C)cc3)cc2)cc1. The maximum atomic E-state index is 2.56. The van der Waals surface area contributed by atoms with E-state index in [0.29, 0.717) is 0 Å². The van der Waals surface area contributed by atoms with Crippen LogP contribution >= 0.6 is 0 Å². The molecule has 22 aromatic rings. The van der Waals surface area contributed by atoms with Crippen LogP contribution in [0.5, 0.6) is 0 Å². The van der Waals surface area contributed by atoms with Crippen molar-refractivity contribution < 1.29 is 0 Å². The highest BCUT2D eigenvalue weighted by molar-refractivity contribution is 6.13. The Morgan fingerprint density at radius 2 is 0.500 bits per heavy atom. The molecule has 0 radical (unpaired) electrons. The summed E-state index contributed by atoms with van der Waals surface area (Å²) in [5.41, 5.74) is 51.7. The lowest BCUT2D eigenvalue weighted by Crippen LogP contribution is -2.29. The Morgan fingerprint density at radius 3 is 0.918 bits per heavy atom. The summed E-state index contributed by atoms with van der Waals surface area (Å²) in [6.45, 7) is 21.2. The summed E-state index contributed by atoms with van der Waals surface area (Å²) < 4.78 is 0. The van der Waals surface area contributed by atoms with Gasteiger partial charge in [-0.2, -0.15) is 0 Å². The molecule has 2 heteroatoms. The first-order valence-corrected chi connectivity index (χ1v) is 51.9. The Kier molecular flexibility index (Phi) is 20.2. The molecule has 0 amide bonds. The molecular formula is C144H110N2. The van der Waals surface area contributed by atoms with Crippen molar-refractivity contribution in [3.8, 4) is 122 Å². The monoisotopic (exact) mass is 1870 g/mol. The first-order valence-electron chi connectivity index (χ1n) is 51.9. The summed E-state index contributed by atoms with van der Waals surface area (Å²) in [4.78, 5) is 5.11. The van der Waals surface area contributed by atoms with Crippen LogP contribution in [0.2, 0.25) is 0 Å². The third-order valence-corrected chi connectivity index (χ3v) is 33.6. The molecule has 1 unspecified atom stereocenters. The number of hydrogen-bond acceptors (Lipinski definition) is 2. The molecule has 5 aliphatic rings. The smallest absolute Gasteiger partial charge is 0.0725 e. The van der Waals surface area contributed by atoms with Crippen molar-refractivity contribution in [1.29, 1.82) is 0 Å². The summed E-state index contributed by atoms with van der Waals surface area (Å²) in [5, 5.41) is 4.83. The van der Waals surface area contributed by atoms with Crippen molar-refractivity contribution >= 4 is 55.7 Å². The summed E-state index contributed by atoms with van der Waals surface area (Å²) in [7, 11) is 0. The molecule has 2 nitrogen and oxygen atoms in total. The molecule has 0 saturated carbocycles. The van der Waals surface area contributed by atoms with Crippen molar-refractivity contribution in [3.63, 3.8) is 0 Å². The number of hydrogen-bond donors (Lipinski definition) is 0. The molecule has 0 N–H and O–H groups in total. The van der Waals surface area contributed by atoms with Crippen LogP contribution in [0.1, 0.15) is 146 Å². The van der Waals surface area contributed by atoms with E-state index in [9.17, 15) is 0 Å². The van der Waals surface area contributed by atoms with Crippen LogP contribution in [-0.4, -0.2) is 0 Å². The van der Waals surface area contributed by atoms with Gasteiger partial charge in [-0.1, -0.05) is 493 Å². The van der Waals surface area contributed by atoms with Crippen LogP contribution in [0.25, 0.3) is 144 Å². The third-order valence-electron chi connectivity index (χ3n) is 33.6. The normalized spacial score (nSPS) is 14.7. The molecule has 27 rings (SSSR count). The van der Waals surface area contributed by atoms with Crippen molar-refractivity contribution in [3.05, 3.63) is 575 Å². The second-order valence-electron chi connectivity index (χ2n) is 43.8. The fraction of sp³-hybridized carbons (Fsp3) is 0.111. The summed E-state index contributed by atoms with van der Waals surface area (Å²) in [6, 6.07) is 188. The highest BCUT2D eigenvalue weighted by Gasteiger charge is 2.53. The van der Waals surface area contributed by atoms with E-state index in [4.69, 9.17) is 0 Å². The van der Waals surface area contributed by atoms with Crippen molar-refractivity contribution in [2.45, 2.75) is 101 Å². The van der Waals surface area contributed by atoms with Gasteiger partial charge in [0.2, 0.25) is 0 Å². The van der Waals surface area contributed by atoms with E-state index >= 15 is 0 Å². The molecular weight excluding hydrogens is 1760 g/mol. The van der Waals surface area contributed by atoms with Crippen molar-refractivity contribution in [2.24, 2.45) is 0 Å². The van der Waals surface area contributed by atoms with E-state index in [1.165, 1.54) is 211 Å². The van der Waals surface area contributed by atoms with Gasteiger partial charge >= 0.3 is 0 Å². The third kappa shape index (κ3) is 13.5. The van der Waals surface area contributed by atoms with Gasteiger partial charge in [-0.15, -0.1) is 0 Å². The second kappa shape index (κ2) is 33.5. The predicted molar refractivity (Wildman–Crippen MR) is 614 cm³/mol. The van der Waals surface area contributed by atoms with Crippen LogP contribution in [0, 0.1) is 0 Å². The summed E-state index contributed by atoms with van der Waals surface area (Å²) >= 11 is 0. The molecule has 0 heterocycles. The van der Waals surface area contributed by atoms with Crippen LogP contribution in [0.3, 0.4) is 0 Å². The quantitative estimate of drug-likeness (QED) is 0.0896. The van der Waals surface area contributed by atoms with Crippen molar-refractivity contribution in [2.75, 3.05) is 9.80 Å². The van der Waals surface area contributed by atoms with Gasteiger partial charge in [-0.3, -0.25) is 0 Å². The first kappa shape index (κ1) is 87.9. The van der Waals surface area contributed by atoms with Crippen LogP contribution in [-0.2, 0) is 38.9 Å². The van der Waals surface area contributed by atoms with E-state index in [-0.39, 0.29) is 21.7 Å². The fourth-order valence-electron chi connectivity index (χ4n) is 26.5. The lowest BCUT2D eigenvalue weighted by atomic mass is 9.67. The zero-order valence-corrected chi connectivity index (χ0v) is 83.9. The number of benzene rings is 22. The highest BCUT2D eigenvalue weighted by atomic mass is 15.2. The Hall–Kier alpha value is -17.0. The van der Waals surface area contributed by atoms with Gasteiger partial charge in [0.05, 0.1) is 22.2 Å². The zero-order chi connectivity index (χ0) is 98.3. The number of nitrogens with zero attached hydrogens (tertiary/aromatic N) is 2. The van der Waals surface area contributed by atoms with E-state index in [1.54, 1.807) is 0 Å². The minimum atomic E-state index is -0.663. The Morgan fingerprint density at radius 1 is 0.199 bits per heavy atom. The molecule has 22 aromatic carbocycles. The number of fused-ring (bicyclic) bond motifs is 21. The van der Waals surface area contributed by atoms with Gasteiger partial charge in [0, 0.05) is 44.7 Å². The van der Waals surface area contributed by atoms with Crippen LogP contribution < -0.4 is 9.80 Å². The van der Waals surface area contributed by atoms with E-state index < -0.39 is 10.8 Å².